The molecule has 6 nitrogen and oxygen atoms in total. The van der Waals surface area contributed by atoms with E-state index in [-0.39, 0.29) is 23.9 Å². The summed E-state index contributed by atoms with van der Waals surface area (Å²) in [4.78, 5) is 31.0. The summed E-state index contributed by atoms with van der Waals surface area (Å²) in [5.41, 5.74) is 1.74. The van der Waals surface area contributed by atoms with Crippen LogP contribution in [0.25, 0.3) is 0 Å². The van der Waals surface area contributed by atoms with E-state index in [1.165, 1.54) is 18.4 Å². The van der Waals surface area contributed by atoms with Crippen LogP contribution >= 0.6 is 23.2 Å². The van der Waals surface area contributed by atoms with Crippen LogP contribution in [0.5, 0.6) is 0 Å². The summed E-state index contributed by atoms with van der Waals surface area (Å²) >= 11 is 12.1. The van der Waals surface area contributed by atoms with Crippen LogP contribution < -0.4 is 10.6 Å². The van der Waals surface area contributed by atoms with Gasteiger partial charge in [0.2, 0.25) is 5.91 Å². The fraction of sp³-hybridized carbons (Fsp3) is 0.517. The lowest BCUT2D eigenvalue weighted by Crippen LogP contribution is -2.50. The van der Waals surface area contributed by atoms with Crippen molar-refractivity contribution in [2.75, 3.05) is 39.3 Å². The molecule has 2 aromatic rings. The van der Waals surface area contributed by atoms with Gasteiger partial charge >= 0.3 is 0 Å². The normalized spacial score (nSPS) is 21.6. The Kier molecular flexibility index (Phi) is 10.3. The molecule has 2 heterocycles. The zero-order valence-corrected chi connectivity index (χ0v) is 23.1. The van der Waals surface area contributed by atoms with Crippen molar-refractivity contribution in [1.29, 1.82) is 0 Å². The standard InChI is InChI=1S/C29H38Cl2N4O2/c1-2-21(22-8-4-3-5-9-22)20-35-17-12-24(19-32-28(36)23-10-11-25(30)26(31)18-23)33-27(29(35)37)13-16-34-14-6-7-15-34/h3-5,8-11,18,21,24,27,33H,2,6-7,12-17,19-20H2,1H3,(H,32,36)/t21-,24+,27+/m1/s1. The first-order chi connectivity index (χ1) is 17.9. The van der Waals surface area contributed by atoms with Crippen LogP contribution in [0.1, 0.15) is 60.9 Å². The molecule has 3 atom stereocenters. The molecule has 200 valence electrons. The van der Waals surface area contributed by atoms with Gasteiger partial charge in [-0.3, -0.25) is 9.59 Å². The topological polar surface area (TPSA) is 64.7 Å². The number of hydrogen-bond donors (Lipinski definition) is 2. The molecule has 0 aromatic heterocycles. The lowest BCUT2D eigenvalue weighted by Gasteiger charge is -2.29. The van der Waals surface area contributed by atoms with Crippen molar-refractivity contribution < 1.29 is 9.59 Å². The van der Waals surface area contributed by atoms with Crippen molar-refractivity contribution in [2.45, 2.75) is 57.0 Å². The number of nitrogens with zero attached hydrogens (tertiary/aromatic N) is 2. The minimum absolute atomic E-state index is 0.000974. The van der Waals surface area contributed by atoms with Crippen LogP contribution in [0.15, 0.2) is 48.5 Å². The van der Waals surface area contributed by atoms with Crippen LogP contribution in [-0.2, 0) is 4.79 Å². The quantitative estimate of drug-likeness (QED) is 0.443. The van der Waals surface area contributed by atoms with E-state index in [2.05, 4.69) is 46.7 Å². The van der Waals surface area contributed by atoms with Gasteiger partial charge in [0.1, 0.15) is 0 Å². The molecule has 0 bridgehead atoms. The van der Waals surface area contributed by atoms with Gasteiger partial charge in [0, 0.05) is 43.7 Å². The first-order valence-electron chi connectivity index (χ1n) is 13.5. The van der Waals surface area contributed by atoms with Crippen molar-refractivity contribution >= 4 is 35.0 Å². The van der Waals surface area contributed by atoms with Gasteiger partial charge in [0.15, 0.2) is 0 Å². The third-order valence-corrected chi connectivity index (χ3v) is 8.36. The largest absolute Gasteiger partial charge is 0.350 e. The van der Waals surface area contributed by atoms with E-state index in [9.17, 15) is 9.59 Å². The summed E-state index contributed by atoms with van der Waals surface area (Å²) in [6.45, 7) is 7.14. The summed E-state index contributed by atoms with van der Waals surface area (Å²) in [6.07, 6.45) is 4.99. The Morgan fingerprint density at radius 2 is 1.84 bits per heavy atom. The molecule has 4 rings (SSSR count). The lowest BCUT2D eigenvalue weighted by atomic mass is 9.95. The maximum atomic E-state index is 13.7. The van der Waals surface area contributed by atoms with Crippen molar-refractivity contribution in [3.63, 3.8) is 0 Å². The highest BCUT2D eigenvalue weighted by atomic mass is 35.5. The van der Waals surface area contributed by atoms with Gasteiger partial charge in [0.25, 0.3) is 5.91 Å². The second kappa shape index (κ2) is 13.6. The Morgan fingerprint density at radius 3 is 2.54 bits per heavy atom. The number of rotatable bonds is 10. The number of nitrogens with one attached hydrogen (secondary N) is 2. The van der Waals surface area contributed by atoms with Gasteiger partial charge in [-0.1, -0.05) is 60.5 Å². The molecule has 8 heteroatoms. The Hall–Kier alpha value is -2.12. The molecule has 2 aliphatic rings. The molecule has 0 radical (unpaired) electrons. The molecule has 2 N–H and O–H groups in total. The van der Waals surface area contributed by atoms with Crippen molar-refractivity contribution in [3.05, 3.63) is 69.7 Å². The number of benzene rings is 2. The summed E-state index contributed by atoms with van der Waals surface area (Å²) in [5.74, 6) is 0.277. The molecule has 2 saturated heterocycles. The molecule has 0 aliphatic carbocycles. The molecule has 0 unspecified atom stereocenters. The Labute approximate surface area is 230 Å². The zero-order valence-electron chi connectivity index (χ0n) is 21.6. The van der Waals surface area contributed by atoms with E-state index >= 15 is 0 Å². The molecule has 2 aliphatic heterocycles. The average Bonchev–Trinajstić information content (AvgIpc) is 3.39. The maximum Gasteiger partial charge on any atom is 0.251 e. The summed E-state index contributed by atoms with van der Waals surface area (Å²) in [6, 6.07) is 15.1. The van der Waals surface area contributed by atoms with Gasteiger partial charge in [-0.2, -0.15) is 0 Å². The second-order valence-corrected chi connectivity index (χ2v) is 11.0. The Morgan fingerprint density at radius 1 is 1.08 bits per heavy atom. The first-order valence-corrected chi connectivity index (χ1v) is 14.3. The number of amides is 2. The number of carbonyl (C=O) groups is 2. The molecule has 0 saturated carbocycles. The third-order valence-electron chi connectivity index (χ3n) is 7.62. The third kappa shape index (κ3) is 7.70. The van der Waals surface area contributed by atoms with E-state index in [4.69, 9.17) is 23.2 Å². The lowest BCUT2D eigenvalue weighted by molar-refractivity contribution is -0.133. The van der Waals surface area contributed by atoms with Gasteiger partial charge in [-0.05, 0) is 69.0 Å². The zero-order chi connectivity index (χ0) is 26.2. The summed E-state index contributed by atoms with van der Waals surface area (Å²) in [5, 5.41) is 7.40. The van der Waals surface area contributed by atoms with E-state index < -0.39 is 0 Å². The van der Waals surface area contributed by atoms with E-state index in [0.29, 0.717) is 41.2 Å². The molecule has 2 aromatic carbocycles. The molecular weight excluding hydrogens is 507 g/mol. The van der Waals surface area contributed by atoms with E-state index in [1.807, 2.05) is 11.0 Å². The molecular formula is C29H38Cl2N4O2. The van der Waals surface area contributed by atoms with Crippen LogP contribution in [-0.4, -0.2) is 73.0 Å². The van der Waals surface area contributed by atoms with E-state index in [0.717, 1.165) is 38.9 Å². The highest BCUT2D eigenvalue weighted by Gasteiger charge is 2.32. The summed E-state index contributed by atoms with van der Waals surface area (Å²) < 4.78 is 0. The van der Waals surface area contributed by atoms with Crippen molar-refractivity contribution in [2.24, 2.45) is 0 Å². The van der Waals surface area contributed by atoms with Gasteiger partial charge in [0.05, 0.1) is 16.1 Å². The number of carbonyl (C=O) groups excluding carboxylic acids is 2. The fourth-order valence-corrected chi connectivity index (χ4v) is 5.66. The Bertz CT molecular complexity index is 1050. The highest BCUT2D eigenvalue weighted by Crippen LogP contribution is 2.24. The predicted molar refractivity (Wildman–Crippen MR) is 150 cm³/mol. The average molecular weight is 546 g/mol. The van der Waals surface area contributed by atoms with E-state index in [1.54, 1.807) is 18.2 Å². The minimum Gasteiger partial charge on any atom is -0.350 e. The highest BCUT2D eigenvalue weighted by molar-refractivity contribution is 6.42. The van der Waals surface area contributed by atoms with Gasteiger partial charge in [-0.25, -0.2) is 0 Å². The van der Waals surface area contributed by atoms with Crippen molar-refractivity contribution in [3.8, 4) is 0 Å². The van der Waals surface area contributed by atoms with Gasteiger partial charge in [-0.15, -0.1) is 0 Å². The molecule has 2 amide bonds. The van der Waals surface area contributed by atoms with Crippen LogP contribution in [0, 0.1) is 0 Å². The second-order valence-electron chi connectivity index (χ2n) is 10.2. The monoisotopic (exact) mass is 544 g/mol. The van der Waals surface area contributed by atoms with Crippen LogP contribution in [0.4, 0.5) is 0 Å². The molecule has 0 spiro atoms. The SMILES string of the molecule is CC[C@H](CN1CC[C@@H](CNC(=O)c2ccc(Cl)c(Cl)c2)N[C@@H](CCN2CCCC2)C1=O)c1ccccc1. The number of hydrogen-bond acceptors (Lipinski definition) is 4. The first kappa shape index (κ1) is 27.9. The number of halogens is 2. The van der Waals surface area contributed by atoms with Crippen molar-refractivity contribution in [1.82, 2.24) is 20.4 Å². The predicted octanol–water partition coefficient (Wildman–Crippen LogP) is 4.96. The Balaban J connectivity index is 1.43. The minimum atomic E-state index is -0.261. The van der Waals surface area contributed by atoms with Crippen LogP contribution in [0.2, 0.25) is 10.0 Å². The maximum absolute atomic E-state index is 13.7. The molecule has 2 fully saturated rings. The van der Waals surface area contributed by atoms with Crippen LogP contribution in [0.3, 0.4) is 0 Å². The number of likely N-dealkylation sites (tertiary alicyclic amines) is 1. The summed E-state index contributed by atoms with van der Waals surface area (Å²) in [7, 11) is 0. The fourth-order valence-electron chi connectivity index (χ4n) is 5.37. The van der Waals surface area contributed by atoms with Gasteiger partial charge < -0.3 is 20.4 Å². The molecule has 37 heavy (non-hydrogen) atoms. The smallest absolute Gasteiger partial charge is 0.251 e.